The van der Waals surface area contributed by atoms with Gasteiger partial charge < -0.3 is 0 Å². The van der Waals surface area contributed by atoms with Crippen molar-refractivity contribution in [2.24, 2.45) is 0 Å². The first-order valence-corrected chi connectivity index (χ1v) is 5.15. The molecule has 14 heavy (non-hydrogen) atoms. The molecule has 1 rings (SSSR count). The van der Waals surface area contributed by atoms with Crippen molar-refractivity contribution in [1.29, 1.82) is 0 Å². The number of hydrogen-bond acceptors (Lipinski definition) is 1. The molecule has 0 N–H and O–H groups in total. The highest BCUT2D eigenvalue weighted by Gasteiger charge is 2.32. The molecule has 0 bridgehead atoms. The largest absolute Gasteiger partial charge is 0.280 e. The van der Waals surface area contributed by atoms with Gasteiger partial charge in [0.1, 0.15) is 0 Å². The molecule has 0 heterocycles. The molecule has 76 valence electrons. The van der Waals surface area contributed by atoms with E-state index in [0.29, 0.717) is 15.6 Å². The third-order valence-corrected chi connectivity index (χ3v) is 3.18. The van der Waals surface area contributed by atoms with E-state index in [2.05, 4.69) is 0 Å². The Hall–Kier alpha value is -0.240. The van der Waals surface area contributed by atoms with Crippen molar-refractivity contribution in [3.63, 3.8) is 0 Å². The van der Waals surface area contributed by atoms with E-state index < -0.39 is 10.7 Å². The summed E-state index contributed by atoms with van der Waals surface area (Å²) >= 11 is 17.4. The third kappa shape index (κ3) is 2.05. The van der Waals surface area contributed by atoms with Gasteiger partial charge in [-0.25, -0.2) is 0 Å². The smallest absolute Gasteiger partial charge is 0.231 e. The second kappa shape index (κ2) is 4.09. The summed E-state index contributed by atoms with van der Waals surface area (Å²) in [5.74, 6) is 0. The monoisotopic (exact) mass is 250 g/mol. The molecule has 0 saturated carbocycles. The molecule has 0 amide bonds. The summed E-state index contributed by atoms with van der Waals surface area (Å²) in [6.45, 7) is 3.38. The van der Waals surface area contributed by atoms with Gasteiger partial charge in [-0.2, -0.15) is 0 Å². The summed E-state index contributed by atoms with van der Waals surface area (Å²) in [4.78, 5) is 11.2. The number of halogens is 3. The molecule has 0 unspecified atom stereocenters. The molecule has 0 saturated heterocycles. The Kier molecular flexibility index (Phi) is 3.46. The van der Waals surface area contributed by atoms with E-state index in [0.717, 1.165) is 0 Å². The van der Waals surface area contributed by atoms with Crippen LogP contribution in [0.1, 0.15) is 19.4 Å². The van der Waals surface area contributed by atoms with Crippen LogP contribution in [-0.4, -0.2) is 5.24 Å². The van der Waals surface area contributed by atoms with Crippen LogP contribution in [0.15, 0.2) is 18.2 Å². The lowest BCUT2D eigenvalue weighted by Crippen LogP contribution is -2.25. The molecule has 1 nitrogen and oxygen atoms in total. The van der Waals surface area contributed by atoms with E-state index >= 15 is 0 Å². The van der Waals surface area contributed by atoms with Gasteiger partial charge in [-0.3, -0.25) is 4.79 Å². The van der Waals surface area contributed by atoms with Crippen molar-refractivity contribution in [2.45, 2.75) is 19.3 Å². The number of rotatable bonds is 2. The molecule has 0 aromatic heterocycles. The number of carbonyl (C=O) groups is 1. The lowest BCUT2D eigenvalue weighted by molar-refractivity contribution is -0.115. The van der Waals surface area contributed by atoms with Crippen LogP contribution in [0.25, 0.3) is 0 Å². The van der Waals surface area contributed by atoms with E-state index in [-0.39, 0.29) is 0 Å². The fraction of sp³-hybridized carbons (Fsp3) is 0.300. The Balaban J connectivity index is 3.38. The van der Waals surface area contributed by atoms with Gasteiger partial charge in [0.15, 0.2) is 0 Å². The van der Waals surface area contributed by atoms with Crippen LogP contribution in [0, 0.1) is 0 Å². The molecule has 1 aromatic rings. The van der Waals surface area contributed by atoms with Crippen LogP contribution in [0.4, 0.5) is 0 Å². The zero-order valence-electron chi connectivity index (χ0n) is 7.77. The minimum atomic E-state index is -0.864. The number of carbonyl (C=O) groups excluding carboxylic acids is 1. The molecular weight excluding hydrogens is 242 g/mol. The van der Waals surface area contributed by atoms with Crippen molar-refractivity contribution in [1.82, 2.24) is 0 Å². The third-order valence-electron chi connectivity index (χ3n) is 2.08. The highest BCUT2D eigenvalue weighted by atomic mass is 35.5. The first-order chi connectivity index (χ1) is 6.37. The Bertz CT molecular complexity index is 351. The van der Waals surface area contributed by atoms with Gasteiger partial charge in [0.05, 0.1) is 5.41 Å². The predicted octanol–water partition coefficient (Wildman–Crippen LogP) is 4.04. The first-order valence-electron chi connectivity index (χ1n) is 4.02. The Morgan fingerprint density at radius 1 is 1.21 bits per heavy atom. The molecule has 4 heteroatoms. The average molecular weight is 252 g/mol. The van der Waals surface area contributed by atoms with E-state index in [9.17, 15) is 4.79 Å². The van der Waals surface area contributed by atoms with Crippen LogP contribution >= 0.6 is 34.8 Å². The number of hydrogen-bond donors (Lipinski definition) is 0. The first kappa shape index (κ1) is 11.8. The molecule has 0 spiro atoms. The maximum Gasteiger partial charge on any atom is 0.231 e. The van der Waals surface area contributed by atoms with Crippen molar-refractivity contribution in [3.05, 3.63) is 33.8 Å². The summed E-state index contributed by atoms with van der Waals surface area (Å²) in [7, 11) is 0. The topological polar surface area (TPSA) is 17.1 Å². The van der Waals surface area contributed by atoms with Crippen LogP contribution in [-0.2, 0) is 10.2 Å². The maximum absolute atomic E-state index is 11.2. The minimum absolute atomic E-state index is 0.455. The summed E-state index contributed by atoms with van der Waals surface area (Å²) in [5.41, 5.74) is -0.292. The van der Waals surface area contributed by atoms with Crippen molar-refractivity contribution >= 4 is 40.0 Å². The lowest BCUT2D eigenvalue weighted by Gasteiger charge is -2.22. The summed E-state index contributed by atoms with van der Waals surface area (Å²) in [5, 5.41) is 0.431. The zero-order valence-corrected chi connectivity index (χ0v) is 10.0. The second-order valence-corrected chi connectivity index (χ2v) is 4.65. The van der Waals surface area contributed by atoms with E-state index in [1.54, 1.807) is 32.0 Å². The van der Waals surface area contributed by atoms with Gasteiger partial charge in [-0.15, -0.1) is 0 Å². The van der Waals surface area contributed by atoms with Crippen molar-refractivity contribution in [3.8, 4) is 0 Å². The van der Waals surface area contributed by atoms with Crippen LogP contribution in [0.2, 0.25) is 10.0 Å². The summed E-state index contributed by atoms with van der Waals surface area (Å²) in [6, 6.07) is 5.09. The quantitative estimate of drug-likeness (QED) is 0.725. The van der Waals surface area contributed by atoms with Gasteiger partial charge in [-0.05, 0) is 37.6 Å². The van der Waals surface area contributed by atoms with Crippen LogP contribution < -0.4 is 0 Å². The Labute approximate surface area is 98.0 Å². The van der Waals surface area contributed by atoms with E-state index in [1.807, 2.05) is 0 Å². The standard InChI is InChI=1S/C10H9Cl3O/c1-10(2,9(13)14)8-6(11)4-3-5-7(8)12/h3-5H,1-2H3. The fourth-order valence-electron chi connectivity index (χ4n) is 1.19. The normalized spacial score (nSPS) is 11.5. The highest BCUT2D eigenvalue weighted by Crippen LogP contribution is 2.36. The van der Waals surface area contributed by atoms with Gasteiger partial charge in [-0.1, -0.05) is 29.3 Å². The SMILES string of the molecule is CC(C)(C(=O)Cl)c1c(Cl)cccc1Cl. The van der Waals surface area contributed by atoms with Gasteiger partial charge in [0.25, 0.3) is 0 Å². The Morgan fingerprint density at radius 2 is 1.64 bits per heavy atom. The molecule has 1 aromatic carbocycles. The molecule has 0 aliphatic rings. The van der Waals surface area contributed by atoms with E-state index in [1.165, 1.54) is 0 Å². The van der Waals surface area contributed by atoms with Crippen LogP contribution in [0.3, 0.4) is 0 Å². The molecule has 0 radical (unpaired) electrons. The van der Waals surface area contributed by atoms with E-state index in [4.69, 9.17) is 34.8 Å². The molecule has 0 aliphatic carbocycles. The van der Waals surface area contributed by atoms with Crippen LogP contribution in [0.5, 0.6) is 0 Å². The van der Waals surface area contributed by atoms with Gasteiger partial charge in [0, 0.05) is 15.6 Å². The van der Waals surface area contributed by atoms with Gasteiger partial charge >= 0.3 is 0 Å². The second-order valence-electron chi connectivity index (χ2n) is 3.50. The zero-order chi connectivity index (χ0) is 10.9. The minimum Gasteiger partial charge on any atom is -0.280 e. The molecule has 0 aliphatic heterocycles. The van der Waals surface area contributed by atoms with Gasteiger partial charge in [0.2, 0.25) is 5.24 Å². The van der Waals surface area contributed by atoms with Crippen molar-refractivity contribution < 1.29 is 4.79 Å². The number of benzene rings is 1. The molecular formula is C10H9Cl3O. The predicted molar refractivity (Wildman–Crippen MR) is 60.3 cm³/mol. The summed E-state index contributed by atoms with van der Waals surface area (Å²) in [6.07, 6.45) is 0. The highest BCUT2D eigenvalue weighted by molar-refractivity contribution is 6.65. The lowest BCUT2D eigenvalue weighted by atomic mass is 9.86. The van der Waals surface area contributed by atoms with Crippen molar-refractivity contribution in [2.75, 3.05) is 0 Å². The maximum atomic E-state index is 11.2. The molecule has 0 atom stereocenters. The Morgan fingerprint density at radius 3 is 2.00 bits per heavy atom. The fourth-order valence-corrected chi connectivity index (χ4v) is 2.16. The summed E-state index contributed by atoms with van der Waals surface area (Å²) < 4.78 is 0. The molecule has 0 fully saturated rings. The average Bonchev–Trinajstić information content (AvgIpc) is 2.02.